The molecule has 5 fully saturated rings. The lowest BCUT2D eigenvalue weighted by atomic mass is 9.78. The molecule has 1 spiro atoms. The van der Waals surface area contributed by atoms with Crippen molar-refractivity contribution in [3.05, 3.63) is 0 Å². The van der Waals surface area contributed by atoms with Gasteiger partial charge in [-0.15, -0.1) is 0 Å². The number of aliphatic hydroxyl groups excluding tert-OH is 2. The third-order valence-electron chi connectivity index (χ3n) is 13.0. The molecule has 0 bridgehead atoms. The zero-order valence-electron chi connectivity index (χ0n) is 30.0. The van der Waals surface area contributed by atoms with Crippen molar-refractivity contribution in [3.63, 3.8) is 0 Å². The van der Waals surface area contributed by atoms with Crippen LogP contribution in [0.4, 0.5) is 0 Å². The van der Waals surface area contributed by atoms with Crippen molar-refractivity contribution in [2.75, 3.05) is 13.7 Å². The minimum absolute atomic E-state index is 0.153. The van der Waals surface area contributed by atoms with Crippen molar-refractivity contribution in [2.45, 2.75) is 172 Å². The van der Waals surface area contributed by atoms with E-state index in [2.05, 4.69) is 27.7 Å². The van der Waals surface area contributed by atoms with Crippen molar-refractivity contribution in [2.24, 2.45) is 35.5 Å². The van der Waals surface area contributed by atoms with Gasteiger partial charge in [-0.2, -0.15) is 0 Å². The van der Waals surface area contributed by atoms with E-state index in [4.69, 9.17) is 28.4 Å². The number of aliphatic carboxylic acids is 1. The molecule has 0 radical (unpaired) electrons. The fraction of sp³-hybridized carbons (Fsp3) is 0.972. The highest BCUT2D eigenvalue weighted by Gasteiger charge is 2.62. The molecule has 11 nitrogen and oxygen atoms in total. The highest BCUT2D eigenvalue weighted by molar-refractivity contribution is 5.70. The highest BCUT2D eigenvalue weighted by Crippen LogP contribution is 2.55. The molecule has 0 aromatic heterocycles. The summed E-state index contributed by atoms with van der Waals surface area (Å²) in [6, 6.07) is 0. The van der Waals surface area contributed by atoms with Gasteiger partial charge >= 0.3 is 5.97 Å². The molecule has 5 aliphatic heterocycles. The molecular formula is C36H62O11. The Hall–Kier alpha value is -0.890. The fourth-order valence-corrected chi connectivity index (χ4v) is 9.91. The molecular weight excluding hydrogens is 608 g/mol. The highest BCUT2D eigenvalue weighted by atomic mass is 16.7. The second kappa shape index (κ2) is 13.7. The number of carboxylic acids is 1. The van der Waals surface area contributed by atoms with Gasteiger partial charge in [-0.1, -0.05) is 41.5 Å². The van der Waals surface area contributed by atoms with E-state index in [9.17, 15) is 25.2 Å². The Balaban J connectivity index is 1.29. The van der Waals surface area contributed by atoms with E-state index >= 15 is 0 Å². The van der Waals surface area contributed by atoms with E-state index in [1.54, 1.807) is 6.92 Å². The largest absolute Gasteiger partial charge is 0.481 e. The van der Waals surface area contributed by atoms with Crippen molar-refractivity contribution >= 4 is 5.97 Å². The van der Waals surface area contributed by atoms with E-state index in [-0.39, 0.29) is 54.0 Å². The van der Waals surface area contributed by atoms with Gasteiger partial charge in [0.1, 0.15) is 0 Å². The van der Waals surface area contributed by atoms with Crippen LogP contribution in [0, 0.1) is 35.5 Å². The van der Waals surface area contributed by atoms with Crippen LogP contribution in [-0.4, -0.2) is 106 Å². The second-order valence-electron chi connectivity index (χ2n) is 16.3. The first-order chi connectivity index (χ1) is 22.0. The Morgan fingerprint density at radius 1 is 1.02 bits per heavy atom. The molecule has 0 aromatic carbocycles. The van der Waals surface area contributed by atoms with Crippen LogP contribution in [0.2, 0.25) is 0 Å². The number of rotatable bonds is 10. The minimum Gasteiger partial charge on any atom is -0.481 e. The smallest absolute Gasteiger partial charge is 0.308 e. The minimum atomic E-state index is -1.56. The van der Waals surface area contributed by atoms with Crippen molar-refractivity contribution in [1.29, 1.82) is 0 Å². The molecule has 3 unspecified atom stereocenters. The van der Waals surface area contributed by atoms with Crippen LogP contribution < -0.4 is 0 Å². The van der Waals surface area contributed by atoms with E-state index in [1.165, 1.54) is 7.11 Å². The normalized spacial score (nSPS) is 50.9. The summed E-state index contributed by atoms with van der Waals surface area (Å²) in [4.78, 5) is 11.8. The van der Waals surface area contributed by atoms with Crippen LogP contribution in [0.25, 0.3) is 0 Å². The molecule has 4 N–H and O–H groups in total. The molecule has 5 heterocycles. The SMILES string of the molecule is CC[C@@]1([C@@H]2OC([C@H]3O[C@@](O)(CO)[C@H](C)C[C@@H]3C)C[C@@H]2C)CCC([C@]2(C)CC[C@]3(C[C@H](O)[C@@H](C)C([C@@H](C)[C@@H](OC)[C@H](C)C(=O)O)O3)O2)O1. The first-order valence-corrected chi connectivity index (χ1v) is 18.1. The van der Waals surface area contributed by atoms with E-state index in [0.717, 1.165) is 32.1 Å². The number of carboxylic acid groups (broad SMARTS) is 1. The molecule has 11 heteroatoms. The third kappa shape index (κ3) is 6.67. The number of methoxy groups -OCH3 is 1. The predicted molar refractivity (Wildman–Crippen MR) is 172 cm³/mol. The zero-order valence-corrected chi connectivity index (χ0v) is 30.0. The molecule has 0 saturated carbocycles. The van der Waals surface area contributed by atoms with Gasteiger partial charge in [0, 0.05) is 37.7 Å². The van der Waals surface area contributed by atoms with Crippen LogP contribution in [0.3, 0.4) is 0 Å². The van der Waals surface area contributed by atoms with Gasteiger partial charge in [-0.25, -0.2) is 0 Å². The summed E-state index contributed by atoms with van der Waals surface area (Å²) in [5, 5.41) is 41.8. The van der Waals surface area contributed by atoms with Gasteiger partial charge in [0.15, 0.2) is 11.6 Å². The summed E-state index contributed by atoms with van der Waals surface area (Å²) in [5.41, 5.74) is -1.15. The van der Waals surface area contributed by atoms with Gasteiger partial charge < -0.3 is 48.8 Å². The number of hydrogen-bond donors (Lipinski definition) is 4. The Morgan fingerprint density at radius 2 is 1.72 bits per heavy atom. The van der Waals surface area contributed by atoms with Crippen molar-refractivity contribution in [3.8, 4) is 0 Å². The second-order valence-corrected chi connectivity index (χ2v) is 16.3. The quantitative estimate of drug-likeness (QED) is 0.264. The molecule has 47 heavy (non-hydrogen) atoms. The molecule has 5 saturated heterocycles. The number of hydrogen-bond acceptors (Lipinski definition) is 10. The maximum Gasteiger partial charge on any atom is 0.308 e. The van der Waals surface area contributed by atoms with Gasteiger partial charge in [0.2, 0.25) is 0 Å². The van der Waals surface area contributed by atoms with E-state index in [0.29, 0.717) is 19.3 Å². The average molecular weight is 671 g/mol. The average Bonchev–Trinajstić information content (AvgIpc) is 3.73. The monoisotopic (exact) mass is 670 g/mol. The lowest BCUT2D eigenvalue weighted by molar-refractivity contribution is -0.336. The maximum absolute atomic E-state index is 11.8. The Kier molecular flexibility index (Phi) is 10.9. The fourth-order valence-electron chi connectivity index (χ4n) is 9.91. The zero-order chi connectivity index (χ0) is 34.7. The van der Waals surface area contributed by atoms with Crippen LogP contribution in [0.5, 0.6) is 0 Å². The van der Waals surface area contributed by atoms with Gasteiger partial charge in [-0.05, 0) is 64.2 Å². The Morgan fingerprint density at radius 3 is 2.34 bits per heavy atom. The van der Waals surface area contributed by atoms with Crippen molar-refractivity contribution < 1.29 is 53.6 Å². The molecule has 5 rings (SSSR count). The van der Waals surface area contributed by atoms with E-state index < -0.39 is 59.6 Å². The molecule has 0 aliphatic carbocycles. The molecule has 5 aliphatic rings. The van der Waals surface area contributed by atoms with E-state index in [1.807, 2.05) is 20.8 Å². The maximum atomic E-state index is 11.8. The summed E-state index contributed by atoms with van der Waals surface area (Å²) in [5.74, 6) is -4.52. The van der Waals surface area contributed by atoms with Crippen molar-refractivity contribution in [1.82, 2.24) is 0 Å². The number of aliphatic hydroxyl groups is 3. The first-order valence-electron chi connectivity index (χ1n) is 18.1. The van der Waals surface area contributed by atoms with Gasteiger partial charge in [0.05, 0.1) is 66.5 Å². The number of ether oxygens (including phenoxy) is 6. The summed E-state index contributed by atoms with van der Waals surface area (Å²) in [6.45, 7) is 15.6. The summed E-state index contributed by atoms with van der Waals surface area (Å²) in [6.07, 6.45) is 2.99. The topological polar surface area (TPSA) is 153 Å². The van der Waals surface area contributed by atoms with Gasteiger partial charge in [0.25, 0.3) is 0 Å². The molecule has 0 aromatic rings. The van der Waals surface area contributed by atoms with Crippen LogP contribution in [-0.2, 0) is 33.2 Å². The first kappa shape index (κ1) is 37.4. The summed E-state index contributed by atoms with van der Waals surface area (Å²) >= 11 is 0. The van der Waals surface area contributed by atoms with Crippen LogP contribution in [0.1, 0.15) is 107 Å². The Bertz CT molecular complexity index is 1110. The standard InChI is InChI=1S/C36H62O11/c1-10-34(31-20(3)16-26(43-31)28-19(2)15-21(4)36(41,18-37)46-28)12-11-27(44-34)33(8)13-14-35(47-33)17-25(38)22(5)30(45-35)23(6)29(42-9)24(7)32(39)40/h19-31,37-38,41H,10-18H2,1-9H3,(H,39,40)/t19-,20-,21+,22+,23-,24-,25-,26?,27?,28-,29+,30?,31+,33-,34-,35+,36-/m0/s1. The Labute approximate surface area is 281 Å². The number of carbonyl (C=O) groups is 1. The summed E-state index contributed by atoms with van der Waals surface area (Å²) in [7, 11) is 1.52. The van der Waals surface area contributed by atoms with Crippen LogP contribution >= 0.6 is 0 Å². The summed E-state index contributed by atoms with van der Waals surface area (Å²) < 4.78 is 39.4. The molecule has 272 valence electrons. The van der Waals surface area contributed by atoms with Crippen LogP contribution in [0.15, 0.2) is 0 Å². The molecule has 17 atom stereocenters. The molecule has 0 amide bonds. The third-order valence-corrected chi connectivity index (χ3v) is 13.0. The lowest BCUT2D eigenvalue weighted by Crippen LogP contribution is -2.57. The lowest BCUT2D eigenvalue weighted by Gasteiger charge is -2.49. The van der Waals surface area contributed by atoms with Gasteiger partial charge in [-0.3, -0.25) is 4.79 Å². The predicted octanol–water partition coefficient (Wildman–Crippen LogP) is 4.27.